The molecule has 0 fully saturated rings. The second kappa shape index (κ2) is 8.92. The van der Waals surface area contributed by atoms with E-state index in [1.165, 1.54) is 24.4 Å². The van der Waals surface area contributed by atoms with E-state index in [-0.39, 0.29) is 32.2 Å². The van der Waals surface area contributed by atoms with Crippen LogP contribution in [0.4, 0.5) is 5.69 Å². The molecule has 0 spiro atoms. The Morgan fingerprint density at radius 2 is 1.83 bits per heavy atom. The van der Waals surface area contributed by atoms with Crippen LogP contribution in [0, 0.1) is 0 Å². The van der Waals surface area contributed by atoms with Crippen molar-refractivity contribution in [3.05, 3.63) is 94.6 Å². The number of rotatable bonds is 6. The summed E-state index contributed by atoms with van der Waals surface area (Å²) in [6.45, 7) is 2.10. The van der Waals surface area contributed by atoms with E-state index in [1.54, 1.807) is 55.5 Å². The van der Waals surface area contributed by atoms with Gasteiger partial charge in [-0.15, -0.1) is 0 Å². The first kappa shape index (κ1) is 23.8. The van der Waals surface area contributed by atoms with Crippen LogP contribution in [0.1, 0.15) is 34.3 Å². The largest absolute Gasteiger partial charge is 0.494 e. The second-order valence-corrected chi connectivity index (χ2v) is 10.2. The van der Waals surface area contributed by atoms with Crippen LogP contribution < -0.4 is 14.8 Å². The Balaban J connectivity index is 1.81. The number of benzene rings is 3. The molecule has 0 saturated heterocycles. The first-order chi connectivity index (χ1) is 17.3. The second-order valence-electron chi connectivity index (χ2n) is 8.06. The number of para-hydroxylation sites is 2. The molecule has 2 N–H and O–H groups in total. The van der Waals surface area contributed by atoms with Gasteiger partial charge in [0.25, 0.3) is 21.8 Å². The smallest absolute Gasteiger partial charge is 0.273 e. The molecule has 0 saturated carbocycles. The Hall–Kier alpha value is -3.95. The molecule has 0 aliphatic carbocycles. The summed E-state index contributed by atoms with van der Waals surface area (Å²) in [7, 11) is -4.46. The highest BCUT2D eigenvalue weighted by atomic mass is 35.5. The van der Waals surface area contributed by atoms with E-state index in [0.717, 1.165) is 0 Å². The number of halogens is 1. The molecular weight excluding hydrogens is 502 g/mol. The number of pyridine rings is 1. The molecule has 1 aliphatic rings. The van der Waals surface area contributed by atoms with Crippen molar-refractivity contribution in [1.82, 2.24) is 4.98 Å². The van der Waals surface area contributed by atoms with E-state index in [0.29, 0.717) is 27.6 Å². The molecule has 8 nitrogen and oxygen atoms in total. The lowest BCUT2D eigenvalue weighted by atomic mass is 9.88. The zero-order valence-electron chi connectivity index (χ0n) is 19.0. The lowest BCUT2D eigenvalue weighted by molar-refractivity contribution is -0.117. The molecule has 182 valence electrons. The minimum atomic E-state index is -4.46. The molecule has 10 heteroatoms. The van der Waals surface area contributed by atoms with E-state index in [4.69, 9.17) is 22.1 Å². The quantitative estimate of drug-likeness (QED) is 0.405. The summed E-state index contributed by atoms with van der Waals surface area (Å²) < 4.78 is 34.6. The predicted molar refractivity (Wildman–Crippen MR) is 136 cm³/mol. The Bertz CT molecular complexity index is 1650. The van der Waals surface area contributed by atoms with Crippen LogP contribution in [0.15, 0.2) is 77.8 Å². The Morgan fingerprint density at radius 1 is 1.08 bits per heavy atom. The van der Waals surface area contributed by atoms with Gasteiger partial charge < -0.3 is 10.5 Å². The lowest BCUT2D eigenvalue weighted by Gasteiger charge is -2.20. The van der Waals surface area contributed by atoms with Gasteiger partial charge in [0.15, 0.2) is 0 Å². The van der Waals surface area contributed by atoms with Crippen LogP contribution >= 0.6 is 11.6 Å². The van der Waals surface area contributed by atoms with Crippen molar-refractivity contribution < 1.29 is 22.7 Å². The molecule has 1 unspecified atom stereocenters. The van der Waals surface area contributed by atoms with Crippen molar-refractivity contribution in [1.29, 1.82) is 0 Å². The van der Waals surface area contributed by atoms with E-state index in [2.05, 4.69) is 4.98 Å². The number of carbonyl (C=O) groups excluding carboxylic acids is 2. The van der Waals surface area contributed by atoms with Crippen LogP contribution in [0.3, 0.4) is 0 Å². The highest BCUT2D eigenvalue weighted by Gasteiger charge is 2.48. The Labute approximate surface area is 212 Å². The predicted octanol–water partition coefficient (Wildman–Crippen LogP) is 4.25. The minimum absolute atomic E-state index is 0.00226. The Morgan fingerprint density at radius 3 is 2.58 bits per heavy atom. The van der Waals surface area contributed by atoms with Crippen LogP contribution in [0.2, 0.25) is 5.02 Å². The number of aromatic nitrogens is 1. The SMILES string of the molecule is CCOc1ccccc1C1C(=O)N(S(=O)(=O)c2cccc3cccnc23)c2ccc(Cl)c(C(N)=O)c21. The molecule has 3 aromatic carbocycles. The summed E-state index contributed by atoms with van der Waals surface area (Å²) in [4.78, 5) is 30.6. The molecule has 2 amide bonds. The van der Waals surface area contributed by atoms with E-state index >= 15 is 0 Å². The van der Waals surface area contributed by atoms with Crippen LogP contribution in [0.5, 0.6) is 5.75 Å². The fourth-order valence-electron chi connectivity index (χ4n) is 4.59. The minimum Gasteiger partial charge on any atom is -0.494 e. The number of amides is 2. The number of carbonyl (C=O) groups is 2. The third-order valence-corrected chi connectivity index (χ3v) is 8.07. The fourth-order valence-corrected chi connectivity index (χ4v) is 6.47. The zero-order valence-corrected chi connectivity index (χ0v) is 20.6. The van der Waals surface area contributed by atoms with Crippen molar-refractivity contribution in [2.75, 3.05) is 10.9 Å². The number of hydrogen-bond donors (Lipinski definition) is 1. The molecular formula is C26H20ClN3O5S. The molecule has 1 aliphatic heterocycles. The van der Waals surface area contributed by atoms with E-state index in [1.807, 2.05) is 0 Å². The standard InChI is InChI=1S/C26H20ClN3O5S/c1-2-35-19-10-4-3-9-16(19)21-23-18(13-12-17(27)22(23)25(28)31)30(26(21)32)36(33,34)20-11-5-7-15-8-6-14-29-24(15)20/h3-14,21H,2H2,1H3,(H2,28,31). The number of anilines is 1. The molecule has 1 atom stereocenters. The number of ether oxygens (including phenoxy) is 1. The zero-order chi connectivity index (χ0) is 25.6. The topological polar surface area (TPSA) is 120 Å². The maximum Gasteiger partial charge on any atom is 0.273 e. The van der Waals surface area contributed by atoms with Crippen LogP contribution in [-0.2, 0) is 14.8 Å². The molecule has 5 rings (SSSR count). The summed E-state index contributed by atoms with van der Waals surface area (Å²) in [5.41, 5.74) is 6.28. The van der Waals surface area contributed by atoms with Crippen molar-refractivity contribution >= 4 is 50.0 Å². The van der Waals surface area contributed by atoms with Gasteiger partial charge in [0.2, 0.25) is 0 Å². The monoisotopic (exact) mass is 521 g/mol. The average molecular weight is 522 g/mol. The fraction of sp³-hybridized carbons (Fsp3) is 0.115. The number of nitrogens with zero attached hydrogens (tertiary/aromatic N) is 2. The maximum absolute atomic E-state index is 14.1. The summed E-state index contributed by atoms with van der Waals surface area (Å²) in [5, 5.41) is 0.608. The molecule has 2 heterocycles. The van der Waals surface area contributed by atoms with Crippen molar-refractivity contribution in [3.63, 3.8) is 0 Å². The highest BCUT2D eigenvalue weighted by molar-refractivity contribution is 7.93. The van der Waals surface area contributed by atoms with Gasteiger partial charge in [-0.2, -0.15) is 0 Å². The van der Waals surface area contributed by atoms with Gasteiger partial charge in [0.05, 0.1) is 34.3 Å². The number of fused-ring (bicyclic) bond motifs is 2. The number of nitrogens with two attached hydrogens (primary N) is 1. The van der Waals surface area contributed by atoms with Crippen molar-refractivity contribution in [2.45, 2.75) is 17.7 Å². The van der Waals surface area contributed by atoms with Gasteiger partial charge in [0.1, 0.15) is 10.6 Å². The summed E-state index contributed by atoms with van der Waals surface area (Å²) in [6.07, 6.45) is 1.48. The molecule has 36 heavy (non-hydrogen) atoms. The number of sulfonamides is 1. The van der Waals surface area contributed by atoms with Crippen molar-refractivity contribution in [3.8, 4) is 5.75 Å². The van der Waals surface area contributed by atoms with E-state index in [9.17, 15) is 18.0 Å². The number of hydrogen-bond acceptors (Lipinski definition) is 6. The van der Waals surface area contributed by atoms with Gasteiger partial charge in [-0.3, -0.25) is 14.6 Å². The normalized spacial score (nSPS) is 15.2. The van der Waals surface area contributed by atoms with Gasteiger partial charge in [0, 0.05) is 22.7 Å². The van der Waals surface area contributed by atoms with Crippen LogP contribution in [0.25, 0.3) is 10.9 Å². The number of primary amides is 1. The first-order valence-electron chi connectivity index (χ1n) is 11.0. The van der Waals surface area contributed by atoms with Crippen LogP contribution in [-0.4, -0.2) is 31.8 Å². The van der Waals surface area contributed by atoms with Gasteiger partial charge in [-0.1, -0.05) is 48.0 Å². The first-order valence-corrected chi connectivity index (χ1v) is 12.9. The average Bonchev–Trinajstić information content (AvgIpc) is 3.16. The third-order valence-electron chi connectivity index (χ3n) is 6.02. The molecule has 0 radical (unpaired) electrons. The lowest BCUT2D eigenvalue weighted by Crippen LogP contribution is -2.35. The third kappa shape index (κ3) is 3.59. The van der Waals surface area contributed by atoms with Crippen molar-refractivity contribution in [2.24, 2.45) is 5.73 Å². The maximum atomic E-state index is 14.1. The van der Waals surface area contributed by atoms with E-state index < -0.39 is 27.8 Å². The van der Waals surface area contributed by atoms with Gasteiger partial charge >= 0.3 is 0 Å². The summed E-state index contributed by atoms with van der Waals surface area (Å²) >= 11 is 6.34. The van der Waals surface area contributed by atoms with Gasteiger partial charge in [-0.25, -0.2) is 12.7 Å². The highest BCUT2D eigenvalue weighted by Crippen LogP contribution is 2.49. The summed E-state index contributed by atoms with van der Waals surface area (Å²) in [6, 6.07) is 17.6. The van der Waals surface area contributed by atoms with Gasteiger partial charge in [-0.05, 0) is 37.3 Å². The molecule has 0 bridgehead atoms. The summed E-state index contributed by atoms with van der Waals surface area (Å²) in [5.74, 6) is -2.48. The molecule has 4 aromatic rings. The Kier molecular flexibility index (Phi) is 5.89. The molecule has 1 aromatic heterocycles.